The Kier molecular flexibility index (Phi) is 13.4. The summed E-state index contributed by atoms with van der Waals surface area (Å²) in [5, 5.41) is 8.25. The van der Waals surface area contributed by atoms with E-state index in [0.29, 0.717) is 14.6 Å². The van der Waals surface area contributed by atoms with Crippen molar-refractivity contribution in [3.63, 3.8) is 0 Å². The van der Waals surface area contributed by atoms with Crippen LogP contribution < -0.4 is 5.43 Å². The molecule has 2 heterocycles. The monoisotopic (exact) mass is 470 g/mol. The zero-order valence-electron chi connectivity index (χ0n) is 15.8. The van der Waals surface area contributed by atoms with Crippen molar-refractivity contribution in [2.45, 2.75) is 40.5 Å². The second-order valence-corrected chi connectivity index (χ2v) is 9.32. The van der Waals surface area contributed by atoms with Gasteiger partial charge in [-0.2, -0.15) is 0 Å². The number of thiol groups is 1. The normalized spacial score (nSPS) is 29.6. The van der Waals surface area contributed by atoms with Crippen molar-refractivity contribution < 1.29 is 19.5 Å². The zero-order valence-corrected chi connectivity index (χ0v) is 22.1. The van der Waals surface area contributed by atoms with Crippen molar-refractivity contribution in [1.82, 2.24) is 15.4 Å². The molecule has 4 nitrogen and oxygen atoms in total. The van der Waals surface area contributed by atoms with Gasteiger partial charge in [0.15, 0.2) is 0 Å². The van der Waals surface area contributed by atoms with Crippen molar-refractivity contribution in [2.75, 3.05) is 26.2 Å². The molecule has 25 heavy (non-hydrogen) atoms. The van der Waals surface area contributed by atoms with E-state index in [2.05, 4.69) is 55.9 Å². The number of hydrogen-bond donors (Lipinski definition) is 2. The van der Waals surface area contributed by atoms with Crippen LogP contribution in [0.15, 0.2) is 5.10 Å². The van der Waals surface area contributed by atoms with Gasteiger partial charge in [-0.05, 0) is 36.5 Å². The first-order valence-electron chi connectivity index (χ1n) is 8.61. The summed E-state index contributed by atoms with van der Waals surface area (Å²) in [5.74, 6) is 3.08. The van der Waals surface area contributed by atoms with Crippen LogP contribution in [0.3, 0.4) is 0 Å². The Labute approximate surface area is 188 Å². The summed E-state index contributed by atoms with van der Waals surface area (Å²) in [6.07, 6.45) is 2.44. The van der Waals surface area contributed by atoms with Crippen LogP contribution in [0.25, 0.3) is 0 Å². The van der Waals surface area contributed by atoms with Crippen molar-refractivity contribution in [3.8, 4) is 0 Å². The molecule has 0 amide bonds. The zero-order chi connectivity index (χ0) is 18.3. The molecular formula is C16H30N4S4Zn. The summed E-state index contributed by atoms with van der Waals surface area (Å²) < 4.78 is 0.897. The third-order valence-electron chi connectivity index (χ3n) is 5.12. The Morgan fingerprint density at radius 3 is 1.96 bits per heavy atom. The van der Waals surface area contributed by atoms with Crippen molar-refractivity contribution in [2.24, 2.45) is 28.8 Å². The van der Waals surface area contributed by atoms with Gasteiger partial charge in [0, 0.05) is 26.2 Å². The van der Waals surface area contributed by atoms with Crippen LogP contribution in [0.4, 0.5) is 0 Å². The van der Waals surface area contributed by atoms with Gasteiger partial charge in [-0.15, -0.1) is 12.6 Å². The summed E-state index contributed by atoms with van der Waals surface area (Å²) in [6.45, 7) is 13.3. The molecule has 0 aromatic carbocycles. The van der Waals surface area contributed by atoms with Gasteiger partial charge in [-0.1, -0.05) is 39.9 Å². The molecule has 0 spiro atoms. The number of thiocarbonyl (C=S) groups is 1. The smallest absolute Gasteiger partial charge is 0.787 e. The van der Waals surface area contributed by atoms with Crippen LogP contribution in [0.1, 0.15) is 40.5 Å². The molecule has 9 heteroatoms. The molecule has 0 aromatic heterocycles. The molecule has 4 unspecified atom stereocenters. The van der Waals surface area contributed by atoms with Crippen LogP contribution in [0.2, 0.25) is 0 Å². The van der Waals surface area contributed by atoms with Gasteiger partial charge in [0.25, 0.3) is 0 Å². The number of rotatable bonds is 2. The summed E-state index contributed by atoms with van der Waals surface area (Å²) in [5.41, 5.74) is 3.06. The minimum Gasteiger partial charge on any atom is -0.787 e. The number of hydrogen-bond acceptors (Lipinski definition) is 6. The molecule has 2 rings (SSSR count). The molecule has 0 bridgehead atoms. The van der Waals surface area contributed by atoms with Crippen LogP contribution in [-0.2, 0) is 44.7 Å². The van der Waals surface area contributed by atoms with Gasteiger partial charge in [0.2, 0.25) is 0 Å². The molecule has 2 fully saturated rings. The number of hydrazone groups is 1. The molecule has 2 aliphatic rings. The Morgan fingerprint density at radius 2 is 1.52 bits per heavy atom. The largest absolute Gasteiger partial charge is 2.00 e. The SMILES string of the molecule is CC1CCN(N=C([S-])[S-])CC1C.CC1CCN(NC(=S)S)CC1C.[Zn+2]. The molecule has 0 aliphatic carbocycles. The summed E-state index contributed by atoms with van der Waals surface area (Å²) in [7, 11) is 0. The number of hydrazine groups is 1. The van der Waals surface area contributed by atoms with E-state index in [9.17, 15) is 0 Å². The van der Waals surface area contributed by atoms with Gasteiger partial charge in [-0.3, -0.25) is 0 Å². The third kappa shape index (κ3) is 10.6. The van der Waals surface area contributed by atoms with Gasteiger partial charge in [0.05, 0.1) is 0 Å². The van der Waals surface area contributed by atoms with Gasteiger partial charge in [0.1, 0.15) is 4.32 Å². The van der Waals surface area contributed by atoms with Gasteiger partial charge >= 0.3 is 19.5 Å². The molecule has 0 saturated carbocycles. The second kappa shape index (κ2) is 13.0. The maximum absolute atomic E-state index is 4.86. The average Bonchev–Trinajstić information content (AvgIpc) is 2.46. The van der Waals surface area contributed by atoms with E-state index in [0.717, 1.165) is 43.9 Å². The minimum absolute atomic E-state index is 0. The summed E-state index contributed by atoms with van der Waals surface area (Å²) in [4.78, 5) is 0. The van der Waals surface area contributed by atoms with Crippen molar-refractivity contribution >= 4 is 58.8 Å². The van der Waals surface area contributed by atoms with E-state index in [1.54, 1.807) is 0 Å². The Morgan fingerprint density at radius 1 is 1.00 bits per heavy atom. The molecular weight excluding hydrogens is 442 g/mol. The number of nitrogens with one attached hydrogen (secondary N) is 1. The topological polar surface area (TPSA) is 30.9 Å². The predicted octanol–water partition coefficient (Wildman–Crippen LogP) is 3.01. The molecule has 0 aromatic rings. The average molecular weight is 472 g/mol. The van der Waals surface area contributed by atoms with Crippen molar-refractivity contribution in [1.29, 1.82) is 0 Å². The van der Waals surface area contributed by atoms with E-state index in [-0.39, 0.29) is 19.5 Å². The first kappa shape index (κ1) is 25.7. The predicted molar refractivity (Wildman–Crippen MR) is 116 cm³/mol. The van der Waals surface area contributed by atoms with E-state index >= 15 is 0 Å². The maximum atomic E-state index is 4.86. The summed E-state index contributed by atoms with van der Waals surface area (Å²) >= 11 is 18.4. The van der Waals surface area contributed by atoms with Crippen LogP contribution in [-0.4, -0.2) is 44.9 Å². The van der Waals surface area contributed by atoms with Crippen molar-refractivity contribution in [3.05, 3.63) is 0 Å². The first-order chi connectivity index (χ1) is 11.2. The fraction of sp³-hybridized carbons (Fsp3) is 0.875. The van der Waals surface area contributed by atoms with E-state index in [4.69, 9.17) is 37.5 Å². The molecule has 0 radical (unpaired) electrons. The Balaban J connectivity index is 0.000000443. The Bertz CT molecular complexity index is 434. The number of piperidine rings is 2. The second-order valence-electron chi connectivity index (χ2n) is 7.13. The van der Waals surface area contributed by atoms with E-state index < -0.39 is 0 Å². The van der Waals surface area contributed by atoms with Crippen LogP contribution in [0, 0.1) is 23.7 Å². The quantitative estimate of drug-likeness (QED) is 0.161. The molecule has 2 saturated heterocycles. The van der Waals surface area contributed by atoms with Gasteiger partial charge < -0.3 is 35.7 Å². The molecule has 2 aliphatic heterocycles. The van der Waals surface area contributed by atoms with Gasteiger partial charge in [-0.25, -0.2) is 14.5 Å². The van der Waals surface area contributed by atoms with E-state index in [1.807, 2.05) is 5.01 Å². The molecule has 4 atom stereocenters. The fourth-order valence-corrected chi connectivity index (χ4v) is 3.45. The molecule has 140 valence electrons. The van der Waals surface area contributed by atoms with E-state index in [1.165, 1.54) is 12.8 Å². The minimum atomic E-state index is 0. The molecule has 1 N–H and O–H groups in total. The van der Waals surface area contributed by atoms with Crippen LogP contribution >= 0.6 is 24.8 Å². The first-order valence-corrected chi connectivity index (χ1v) is 10.3. The number of nitrogens with zero attached hydrogens (tertiary/aromatic N) is 3. The fourth-order valence-electron chi connectivity index (χ4n) is 2.95. The third-order valence-corrected chi connectivity index (χ3v) is 5.48. The standard InChI is InChI=1S/2C8H16N2S2.Zn/c2*1-6-3-4-10(5-7(6)2)9-8(11)12;/h2*6-7H,3-5H2,1-2H3,(H2,9,11,12);/q;;+2/p-2. The van der Waals surface area contributed by atoms with Crippen LogP contribution in [0.5, 0.6) is 0 Å². The Hall–Kier alpha value is 0.733. The summed E-state index contributed by atoms with van der Waals surface area (Å²) in [6, 6.07) is 0. The maximum Gasteiger partial charge on any atom is 2.00 e.